The van der Waals surface area contributed by atoms with Crippen molar-refractivity contribution in [3.63, 3.8) is 0 Å². The number of aromatic nitrogens is 1. The molecule has 0 aliphatic carbocycles. The summed E-state index contributed by atoms with van der Waals surface area (Å²) in [6, 6.07) is 13.6. The largest absolute Gasteiger partial charge is 0.494 e. The second kappa shape index (κ2) is 8.84. The fourth-order valence-corrected chi connectivity index (χ4v) is 3.31. The van der Waals surface area contributed by atoms with Gasteiger partial charge in [-0.1, -0.05) is 0 Å². The number of benzene rings is 1. The lowest BCUT2D eigenvalue weighted by molar-refractivity contribution is -0.123. The maximum atomic E-state index is 12.8. The van der Waals surface area contributed by atoms with Crippen LogP contribution in [0.5, 0.6) is 5.75 Å². The highest BCUT2D eigenvalue weighted by Gasteiger charge is 2.34. The number of hydrogen-bond donors (Lipinski definition) is 1. The lowest BCUT2D eigenvalue weighted by Crippen LogP contribution is -2.30. The molecule has 0 saturated carbocycles. The molecule has 1 aromatic carbocycles. The van der Waals surface area contributed by atoms with E-state index in [1.54, 1.807) is 6.08 Å². The second-order valence-corrected chi connectivity index (χ2v) is 6.87. The van der Waals surface area contributed by atoms with Crippen molar-refractivity contribution in [1.29, 1.82) is 0 Å². The maximum Gasteiger partial charge on any atom is 0.373 e. The molecule has 1 aliphatic heterocycles. The molecular formula is C23H21N3O6. The number of hydrogen-bond acceptors (Lipinski definition) is 6. The van der Waals surface area contributed by atoms with Crippen LogP contribution >= 0.6 is 0 Å². The highest BCUT2D eigenvalue weighted by molar-refractivity contribution is 6.13. The van der Waals surface area contributed by atoms with Crippen LogP contribution in [0.15, 0.2) is 64.8 Å². The van der Waals surface area contributed by atoms with Gasteiger partial charge in [-0.05, 0) is 61.5 Å². The van der Waals surface area contributed by atoms with E-state index in [-0.39, 0.29) is 23.8 Å². The van der Waals surface area contributed by atoms with Crippen molar-refractivity contribution < 1.29 is 28.3 Å². The first-order chi connectivity index (χ1) is 15.5. The summed E-state index contributed by atoms with van der Waals surface area (Å²) in [4.78, 5) is 37.7. The molecule has 3 aromatic rings. The summed E-state index contributed by atoms with van der Waals surface area (Å²) < 4.78 is 17.3. The molecule has 0 atom stereocenters. The van der Waals surface area contributed by atoms with Gasteiger partial charge < -0.3 is 23.8 Å². The highest BCUT2D eigenvalue weighted by Crippen LogP contribution is 2.22. The molecule has 1 saturated heterocycles. The molecular weight excluding hydrogens is 414 g/mol. The van der Waals surface area contributed by atoms with Crippen LogP contribution < -0.4 is 10.1 Å². The van der Waals surface area contributed by atoms with E-state index in [1.807, 2.05) is 54.1 Å². The van der Waals surface area contributed by atoms with Gasteiger partial charge in [0, 0.05) is 17.6 Å². The Bertz CT molecular complexity index is 1190. The van der Waals surface area contributed by atoms with Crippen LogP contribution in [0.3, 0.4) is 0 Å². The summed E-state index contributed by atoms with van der Waals surface area (Å²) >= 11 is 0. The molecule has 9 heteroatoms. The lowest BCUT2D eigenvalue weighted by Gasteiger charge is -2.10. The van der Waals surface area contributed by atoms with E-state index in [0.717, 1.165) is 16.3 Å². The van der Waals surface area contributed by atoms with Gasteiger partial charge in [-0.25, -0.2) is 9.59 Å². The van der Waals surface area contributed by atoms with Gasteiger partial charge in [-0.3, -0.25) is 9.69 Å². The minimum atomic E-state index is -0.635. The summed E-state index contributed by atoms with van der Waals surface area (Å²) in [5.41, 5.74) is 1.73. The molecule has 32 heavy (non-hydrogen) atoms. The molecule has 9 nitrogen and oxygen atoms in total. The summed E-state index contributed by atoms with van der Waals surface area (Å²) in [5.74, 6) is -0.0774. The summed E-state index contributed by atoms with van der Waals surface area (Å²) in [6.45, 7) is 2.39. The van der Waals surface area contributed by atoms with E-state index in [2.05, 4.69) is 10.1 Å². The number of rotatable bonds is 7. The van der Waals surface area contributed by atoms with Gasteiger partial charge in [-0.2, -0.15) is 0 Å². The summed E-state index contributed by atoms with van der Waals surface area (Å²) in [5, 5.41) is 2.59. The fourth-order valence-electron chi connectivity index (χ4n) is 3.31. The molecule has 0 bridgehead atoms. The third kappa shape index (κ3) is 4.13. The van der Waals surface area contributed by atoms with Gasteiger partial charge in [0.15, 0.2) is 0 Å². The number of methoxy groups -OCH3 is 1. The first-order valence-electron chi connectivity index (χ1n) is 9.92. The van der Waals surface area contributed by atoms with Gasteiger partial charge in [-0.15, -0.1) is 0 Å². The van der Waals surface area contributed by atoms with Crippen LogP contribution in [0.1, 0.15) is 28.9 Å². The van der Waals surface area contributed by atoms with Gasteiger partial charge in [0.1, 0.15) is 17.2 Å². The van der Waals surface area contributed by atoms with Gasteiger partial charge in [0.2, 0.25) is 5.76 Å². The molecule has 3 amide bonds. The number of imide groups is 1. The average Bonchev–Trinajstić information content (AvgIpc) is 3.51. The Morgan fingerprint density at radius 2 is 1.91 bits per heavy atom. The number of amides is 3. The Balaban J connectivity index is 1.53. The van der Waals surface area contributed by atoms with Crippen LogP contribution in [-0.4, -0.2) is 41.1 Å². The standard InChI is InChI=1S/C23H21N3O6/c1-3-31-17-8-6-15(7-9-17)25-12-4-5-16(25)13-19-21(27)26(23(29)24-19)14-18-10-11-20(32-18)22(28)30-2/h4-13H,3,14H2,1-2H3,(H,24,29). The van der Waals surface area contributed by atoms with E-state index in [0.29, 0.717) is 12.3 Å². The first kappa shape index (κ1) is 21.0. The highest BCUT2D eigenvalue weighted by atomic mass is 16.5. The quantitative estimate of drug-likeness (QED) is 0.347. The van der Waals surface area contributed by atoms with Crippen molar-refractivity contribution >= 4 is 24.0 Å². The van der Waals surface area contributed by atoms with Crippen LogP contribution in [-0.2, 0) is 16.1 Å². The van der Waals surface area contributed by atoms with E-state index in [9.17, 15) is 14.4 Å². The molecule has 0 spiro atoms. The van der Waals surface area contributed by atoms with Gasteiger partial charge in [0.25, 0.3) is 5.91 Å². The Morgan fingerprint density at radius 1 is 1.12 bits per heavy atom. The monoisotopic (exact) mass is 435 g/mol. The molecule has 164 valence electrons. The molecule has 1 aliphatic rings. The van der Waals surface area contributed by atoms with Crippen LogP contribution in [0, 0.1) is 0 Å². The normalized spacial score (nSPS) is 14.7. The average molecular weight is 435 g/mol. The number of nitrogens with zero attached hydrogens (tertiary/aromatic N) is 2. The number of carbonyl (C=O) groups excluding carboxylic acids is 3. The predicted octanol–water partition coefficient (Wildman–Crippen LogP) is 3.35. The lowest BCUT2D eigenvalue weighted by atomic mass is 10.2. The van der Waals surface area contributed by atoms with Crippen molar-refractivity contribution in [2.45, 2.75) is 13.5 Å². The third-order valence-electron chi connectivity index (χ3n) is 4.82. The molecule has 1 fully saturated rings. The predicted molar refractivity (Wildman–Crippen MR) is 114 cm³/mol. The van der Waals surface area contributed by atoms with E-state index in [4.69, 9.17) is 9.15 Å². The number of ether oxygens (including phenoxy) is 2. The second-order valence-electron chi connectivity index (χ2n) is 6.87. The zero-order valence-corrected chi connectivity index (χ0v) is 17.5. The molecule has 1 N–H and O–H groups in total. The van der Waals surface area contributed by atoms with Crippen LogP contribution in [0.25, 0.3) is 11.8 Å². The fraction of sp³-hybridized carbons (Fsp3) is 0.174. The minimum absolute atomic E-state index is 0.00139. The zero-order chi connectivity index (χ0) is 22.7. The minimum Gasteiger partial charge on any atom is -0.494 e. The van der Waals surface area contributed by atoms with Crippen LogP contribution in [0.2, 0.25) is 0 Å². The summed E-state index contributed by atoms with van der Waals surface area (Å²) in [6.07, 6.45) is 3.47. The number of urea groups is 1. The van der Waals surface area contributed by atoms with E-state index in [1.165, 1.54) is 19.2 Å². The van der Waals surface area contributed by atoms with Crippen molar-refractivity contribution in [2.75, 3.05) is 13.7 Å². The van der Waals surface area contributed by atoms with E-state index < -0.39 is 17.9 Å². The Labute approximate surface area is 183 Å². The number of carbonyl (C=O) groups is 3. The molecule has 2 aromatic heterocycles. The maximum absolute atomic E-state index is 12.8. The molecule has 3 heterocycles. The molecule has 0 radical (unpaired) electrons. The number of esters is 1. The first-order valence-corrected chi connectivity index (χ1v) is 9.92. The van der Waals surface area contributed by atoms with Crippen molar-refractivity contribution in [3.8, 4) is 11.4 Å². The Morgan fingerprint density at radius 3 is 2.62 bits per heavy atom. The Hall–Kier alpha value is -4.27. The van der Waals surface area contributed by atoms with Crippen molar-refractivity contribution in [3.05, 3.63) is 77.6 Å². The molecule has 4 rings (SSSR count). The topological polar surface area (TPSA) is 103 Å². The third-order valence-corrected chi connectivity index (χ3v) is 4.82. The van der Waals surface area contributed by atoms with Crippen molar-refractivity contribution in [1.82, 2.24) is 14.8 Å². The SMILES string of the molecule is CCOc1ccc(-n2cccc2C=C2NC(=O)N(Cc3ccc(C(=O)OC)o3)C2=O)cc1. The zero-order valence-electron chi connectivity index (χ0n) is 17.5. The molecule has 0 unspecified atom stereocenters. The van der Waals surface area contributed by atoms with Crippen LogP contribution in [0.4, 0.5) is 4.79 Å². The van der Waals surface area contributed by atoms with Gasteiger partial charge in [0.05, 0.1) is 20.3 Å². The summed E-state index contributed by atoms with van der Waals surface area (Å²) in [7, 11) is 1.24. The van der Waals surface area contributed by atoms with Gasteiger partial charge >= 0.3 is 12.0 Å². The van der Waals surface area contributed by atoms with Crippen molar-refractivity contribution in [2.24, 2.45) is 0 Å². The van der Waals surface area contributed by atoms with E-state index >= 15 is 0 Å². The smallest absolute Gasteiger partial charge is 0.373 e. The Kier molecular flexibility index (Phi) is 5.80. The number of nitrogens with one attached hydrogen (secondary N) is 1. The number of furan rings is 1.